The summed E-state index contributed by atoms with van der Waals surface area (Å²) in [6.07, 6.45) is 1.58. The first kappa shape index (κ1) is 16.4. The minimum Gasteiger partial charge on any atom is -0.857 e. The van der Waals surface area contributed by atoms with Gasteiger partial charge in [-0.1, -0.05) is 13.8 Å². The molecule has 0 aromatic carbocycles. The fourth-order valence-corrected chi connectivity index (χ4v) is 3.17. The first-order valence-corrected chi connectivity index (χ1v) is 8.51. The zero-order chi connectivity index (χ0) is 17.4. The van der Waals surface area contributed by atoms with Gasteiger partial charge >= 0.3 is 5.88 Å². The first-order valence-electron chi connectivity index (χ1n) is 7.70. The number of rotatable bonds is 4. The number of aromatic nitrogens is 3. The predicted octanol–water partition coefficient (Wildman–Crippen LogP) is 2.30. The molecule has 0 saturated heterocycles. The summed E-state index contributed by atoms with van der Waals surface area (Å²) >= 11 is 1.25. The Labute approximate surface area is 143 Å². The van der Waals surface area contributed by atoms with Crippen molar-refractivity contribution in [1.82, 2.24) is 10.3 Å². The number of nitrogens with zero attached hydrogens (tertiary/aromatic N) is 4. The summed E-state index contributed by atoms with van der Waals surface area (Å²) in [7, 11) is 0. The fraction of sp³-hybridized carbons (Fsp3) is 0.375. The molecule has 0 aliphatic rings. The summed E-state index contributed by atoms with van der Waals surface area (Å²) in [6.45, 7) is 8.05. The van der Waals surface area contributed by atoms with Crippen molar-refractivity contribution >= 4 is 39.0 Å². The Balaban J connectivity index is 2.00. The highest BCUT2D eigenvalue weighted by molar-refractivity contribution is 7.21. The van der Waals surface area contributed by atoms with E-state index < -0.39 is 5.90 Å². The summed E-state index contributed by atoms with van der Waals surface area (Å²) in [5.74, 6) is 0.0114. The lowest BCUT2D eigenvalue weighted by Crippen LogP contribution is -2.36. The molecule has 0 bridgehead atoms. The summed E-state index contributed by atoms with van der Waals surface area (Å²) in [6, 6.07) is 3.96. The van der Waals surface area contributed by atoms with Crippen LogP contribution in [0.3, 0.4) is 0 Å². The number of hydrogen-bond donors (Lipinski definition) is 1. The van der Waals surface area contributed by atoms with Gasteiger partial charge in [0.2, 0.25) is 5.27 Å². The van der Waals surface area contributed by atoms with Crippen molar-refractivity contribution in [3.05, 3.63) is 28.9 Å². The second kappa shape index (κ2) is 6.20. The van der Waals surface area contributed by atoms with Crippen LogP contribution in [0, 0.1) is 0 Å². The van der Waals surface area contributed by atoms with Crippen LogP contribution in [0.2, 0.25) is 0 Å². The van der Waals surface area contributed by atoms with Crippen LogP contribution in [-0.4, -0.2) is 16.2 Å². The Morgan fingerprint density at radius 2 is 2.08 bits per heavy atom. The van der Waals surface area contributed by atoms with Crippen molar-refractivity contribution in [1.29, 1.82) is 0 Å². The molecule has 0 fully saturated rings. The van der Waals surface area contributed by atoms with Crippen molar-refractivity contribution in [3.63, 3.8) is 0 Å². The summed E-state index contributed by atoms with van der Waals surface area (Å²) in [4.78, 5) is 9.65. The molecule has 0 unspecified atom stereocenters. The maximum atomic E-state index is 12.4. The number of fused-ring (bicyclic) bond motifs is 1. The molecule has 0 radical (unpaired) electrons. The largest absolute Gasteiger partial charge is 0.857 e. The van der Waals surface area contributed by atoms with Crippen molar-refractivity contribution < 1.29 is 14.3 Å². The van der Waals surface area contributed by atoms with E-state index in [0.717, 1.165) is 15.9 Å². The molecule has 3 rings (SSSR count). The molecule has 0 atom stereocenters. The molecule has 3 heterocycles. The predicted molar refractivity (Wildman–Crippen MR) is 91.4 cm³/mol. The molecule has 8 heteroatoms. The van der Waals surface area contributed by atoms with Crippen LogP contribution < -0.4 is 15.5 Å². The van der Waals surface area contributed by atoms with Crippen LogP contribution in [0.4, 0.5) is 11.6 Å². The van der Waals surface area contributed by atoms with Gasteiger partial charge in [-0.15, -0.1) is 11.3 Å². The quantitative estimate of drug-likeness (QED) is 0.444. The molecule has 2 N–H and O–H groups in total. The second-order valence-corrected chi connectivity index (χ2v) is 7.12. The third-order valence-electron chi connectivity index (χ3n) is 3.61. The zero-order valence-electron chi connectivity index (χ0n) is 14.0. The molecule has 0 amide bonds. The standard InChI is InChI=1S/C16H19N5O2S/c1-8(2)11-6-5-10-13(17)14(24-16(10)18-11)15(22)19-12-7-21(9(3)4)20-23-12/h5-9H,1-4H3,(H2-,17,19,20,22). The van der Waals surface area contributed by atoms with Gasteiger partial charge in [0, 0.05) is 17.0 Å². The van der Waals surface area contributed by atoms with Crippen LogP contribution in [0.1, 0.15) is 50.2 Å². The normalized spacial score (nSPS) is 12.7. The van der Waals surface area contributed by atoms with Gasteiger partial charge in [0.1, 0.15) is 4.83 Å². The molecule has 7 nitrogen and oxygen atoms in total. The van der Waals surface area contributed by atoms with Gasteiger partial charge in [-0.05, 0) is 36.6 Å². The highest BCUT2D eigenvalue weighted by Crippen LogP contribution is 2.33. The molecular formula is C16H19N5O2S. The number of hydrogen-bond acceptors (Lipinski definition) is 7. The van der Waals surface area contributed by atoms with Gasteiger partial charge in [-0.3, -0.25) is 4.52 Å². The lowest BCUT2D eigenvalue weighted by molar-refractivity contribution is -0.779. The first-order chi connectivity index (χ1) is 11.4. The zero-order valence-corrected chi connectivity index (χ0v) is 14.8. The smallest absolute Gasteiger partial charge is 0.320 e. The topological polar surface area (TPSA) is 104 Å². The molecule has 3 aromatic heterocycles. The molecule has 24 heavy (non-hydrogen) atoms. The fourth-order valence-electron chi connectivity index (χ4n) is 2.18. The molecule has 126 valence electrons. The van der Waals surface area contributed by atoms with Crippen molar-refractivity contribution in [3.8, 4) is 0 Å². The summed E-state index contributed by atoms with van der Waals surface area (Å²) in [5.41, 5.74) is 7.48. The Morgan fingerprint density at radius 1 is 1.33 bits per heavy atom. The van der Waals surface area contributed by atoms with Crippen molar-refractivity contribution in [2.75, 3.05) is 5.73 Å². The van der Waals surface area contributed by atoms with E-state index in [0.29, 0.717) is 16.5 Å². The lowest BCUT2D eigenvalue weighted by atomic mass is 10.1. The van der Waals surface area contributed by atoms with E-state index in [9.17, 15) is 5.11 Å². The van der Waals surface area contributed by atoms with Gasteiger partial charge in [-0.25, -0.2) is 9.98 Å². The average molecular weight is 345 g/mol. The third kappa shape index (κ3) is 2.96. The maximum absolute atomic E-state index is 12.4. The van der Waals surface area contributed by atoms with E-state index >= 15 is 0 Å². The number of nitrogen functional groups attached to an aromatic ring is 1. The average Bonchev–Trinajstić information content (AvgIpc) is 3.12. The van der Waals surface area contributed by atoms with E-state index in [4.69, 9.17) is 10.3 Å². The van der Waals surface area contributed by atoms with Crippen LogP contribution in [0.15, 0.2) is 27.8 Å². The van der Waals surface area contributed by atoms with E-state index in [1.54, 1.807) is 10.9 Å². The summed E-state index contributed by atoms with van der Waals surface area (Å²) in [5, 5.41) is 17.0. The number of pyridine rings is 1. The number of thiophene rings is 1. The van der Waals surface area contributed by atoms with Gasteiger partial charge < -0.3 is 10.8 Å². The molecule has 0 aliphatic carbocycles. The Morgan fingerprint density at radius 3 is 2.71 bits per heavy atom. The maximum Gasteiger partial charge on any atom is 0.320 e. The highest BCUT2D eigenvalue weighted by atomic mass is 32.1. The van der Waals surface area contributed by atoms with Crippen LogP contribution in [-0.2, 0) is 0 Å². The van der Waals surface area contributed by atoms with Crippen LogP contribution in [0.5, 0.6) is 0 Å². The number of anilines is 1. The van der Waals surface area contributed by atoms with E-state index in [-0.39, 0.29) is 11.9 Å². The monoisotopic (exact) mass is 345 g/mol. The lowest BCUT2D eigenvalue weighted by Gasteiger charge is -2.06. The molecule has 0 aliphatic heterocycles. The molecule has 0 spiro atoms. The number of nitrogens with two attached hydrogens (primary N) is 1. The van der Waals surface area contributed by atoms with Crippen molar-refractivity contribution in [2.45, 2.75) is 39.7 Å². The van der Waals surface area contributed by atoms with E-state index in [1.165, 1.54) is 11.3 Å². The van der Waals surface area contributed by atoms with Crippen LogP contribution >= 0.6 is 11.3 Å². The molecule has 3 aromatic rings. The Bertz CT molecular complexity index is 910. The third-order valence-corrected chi connectivity index (χ3v) is 4.72. The second-order valence-electron chi connectivity index (χ2n) is 6.12. The van der Waals surface area contributed by atoms with Crippen LogP contribution in [0.25, 0.3) is 10.2 Å². The van der Waals surface area contributed by atoms with E-state index in [1.807, 2.05) is 26.0 Å². The SMILES string of the molecule is CC(C)c1ccc2c(N)c(/C([O-])=N/c3c[n+](C(C)C)no3)sc2n1. The minimum absolute atomic E-state index is 0.126. The Kier molecular flexibility index (Phi) is 4.23. The van der Waals surface area contributed by atoms with Gasteiger partial charge in [0.15, 0.2) is 6.04 Å². The minimum atomic E-state index is -0.450. The van der Waals surface area contributed by atoms with Crippen molar-refractivity contribution in [2.24, 2.45) is 4.99 Å². The summed E-state index contributed by atoms with van der Waals surface area (Å²) < 4.78 is 6.65. The van der Waals surface area contributed by atoms with Gasteiger partial charge in [0.05, 0.1) is 10.6 Å². The highest BCUT2D eigenvalue weighted by Gasteiger charge is 2.16. The molecule has 0 saturated carbocycles. The molecular weight excluding hydrogens is 326 g/mol. The van der Waals surface area contributed by atoms with E-state index in [2.05, 4.69) is 29.1 Å². The van der Waals surface area contributed by atoms with Gasteiger partial charge in [-0.2, -0.15) is 0 Å². The van der Waals surface area contributed by atoms with Gasteiger partial charge in [0.25, 0.3) is 6.20 Å². The Hall–Kier alpha value is -2.48. The number of aliphatic imine (C=N–C) groups is 1.